The Morgan fingerprint density at radius 3 is 1.39 bits per heavy atom. The van der Waals surface area contributed by atoms with E-state index in [-0.39, 0.29) is 18.3 Å². The maximum absolute atomic E-state index is 4.00. The molecule has 0 amide bonds. The standard InChI is InChI=1S/C12H8Br6/c13-7-8(14)10(16)12(18)6-4-2-1-3-5(6)11(12,17)9(7)15/h1-4,7-10H/t7-,8-,9+,10?,11-,12+/m0/s1. The smallest absolute Gasteiger partial charge is 0.0849 e. The molecule has 0 aromatic heterocycles. The first kappa shape index (κ1) is 15.0. The van der Waals surface area contributed by atoms with Gasteiger partial charge in [0.05, 0.1) is 8.65 Å². The Bertz CT molecular complexity index is 460. The van der Waals surface area contributed by atoms with E-state index in [1.54, 1.807) is 0 Å². The average molecular weight is 632 g/mol. The second-order valence-corrected chi connectivity index (χ2v) is 11.3. The molecule has 2 aliphatic rings. The number of alkyl halides is 6. The van der Waals surface area contributed by atoms with E-state index in [1.165, 1.54) is 11.1 Å². The molecule has 0 radical (unpaired) electrons. The van der Waals surface area contributed by atoms with Crippen molar-refractivity contribution in [3.8, 4) is 0 Å². The topological polar surface area (TPSA) is 0 Å². The fourth-order valence-corrected chi connectivity index (χ4v) is 10.5. The van der Waals surface area contributed by atoms with Crippen molar-refractivity contribution in [1.29, 1.82) is 0 Å². The summed E-state index contributed by atoms with van der Waals surface area (Å²) in [5.74, 6) is 0. The van der Waals surface area contributed by atoms with Gasteiger partial charge in [-0.2, -0.15) is 0 Å². The lowest BCUT2D eigenvalue weighted by Crippen LogP contribution is -2.69. The van der Waals surface area contributed by atoms with Gasteiger partial charge in [0.1, 0.15) is 0 Å². The molecule has 0 aliphatic heterocycles. The van der Waals surface area contributed by atoms with Crippen LogP contribution < -0.4 is 0 Å². The largest absolute Gasteiger partial charge is 0.0865 e. The van der Waals surface area contributed by atoms with E-state index >= 15 is 0 Å². The van der Waals surface area contributed by atoms with Gasteiger partial charge in [0.2, 0.25) is 0 Å². The van der Waals surface area contributed by atoms with Crippen LogP contribution in [0.5, 0.6) is 0 Å². The molecule has 0 nitrogen and oxygen atoms in total. The summed E-state index contributed by atoms with van der Waals surface area (Å²) in [6, 6.07) is 8.60. The van der Waals surface area contributed by atoms with Crippen LogP contribution in [0.4, 0.5) is 0 Å². The SMILES string of the molecule is BrC1[C@@H](Br)[C@H](Br)[C@@H](Br)[C@@]2(Br)c3ccccc3[C@@]12Br. The van der Waals surface area contributed by atoms with Crippen molar-refractivity contribution in [2.24, 2.45) is 0 Å². The first-order valence-electron chi connectivity index (χ1n) is 5.41. The van der Waals surface area contributed by atoms with Crippen LogP contribution in [0.1, 0.15) is 11.1 Å². The molecule has 6 atom stereocenters. The number of halogens is 6. The van der Waals surface area contributed by atoms with Crippen molar-refractivity contribution in [3.05, 3.63) is 35.4 Å². The van der Waals surface area contributed by atoms with E-state index in [9.17, 15) is 0 Å². The van der Waals surface area contributed by atoms with Gasteiger partial charge in [0.25, 0.3) is 0 Å². The van der Waals surface area contributed by atoms with E-state index in [4.69, 9.17) is 0 Å². The van der Waals surface area contributed by atoms with Crippen molar-refractivity contribution >= 4 is 95.6 Å². The summed E-state index contributed by atoms with van der Waals surface area (Å²) in [5.41, 5.74) is 2.72. The maximum Gasteiger partial charge on any atom is 0.0849 e. The zero-order chi connectivity index (χ0) is 13.3. The fourth-order valence-electron chi connectivity index (χ4n) is 2.91. The Kier molecular flexibility index (Phi) is 4.00. The van der Waals surface area contributed by atoms with Gasteiger partial charge in [0.15, 0.2) is 0 Å². The monoisotopic (exact) mass is 626 g/mol. The molecule has 3 rings (SSSR count). The molecular weight excluding hydrogens is 624 g/mol. The lowest BCUT2D eigenvalue weighted by molar-refractivity contribution is 0.328. The molecule has 1 unspecified atom stereocenters. The molecule has 1 saturated carbocycles. The zero-order valence-electron chi connectivity index (χ0n) is 8.89. The number of hydrogen-bond donors (Lipinski definition) is 0. The quantitative estimate of drug-likeness (QED) is 0.311. The van der Waals surface area contributed by atoms with Crippen molar-refractivity contribution in [2.75, 3.05) is 0 Å². The molecule has 18 heavy (non-hydrogen) atoms. The van der Waals surface area contributed by atoms with Crippen LogP contribution in [0.2, 0.25) is 0 Å². The molecule has 0 heterocycles. The Morgan fingerprint density at radius 2 is 1.06 bits per heavy atom. The first-order valence-corrected chi connectivity index (χ1v) is 10.7. The summed E-state index contributed by atoms with van der Waals surface area (Å²) in [7, 11) is 0. The lowest BCUT2D eigenvalue weighted by atomic mass is 9.61. The minimum atomic E-state index is -0.108. The minimum Gasteiger partial charge on any atom is -0.0865 e. The third kappa shape index (κ3) is 1.57. The van der Waals surface area contributed by atoms with Crippen molar-refractivity contribution in [3.63, 3.8) is 0 Å². The Morgan fingerprint density at radius 1 is 0.722 bits per heavy atom. The fraction of sp³-hybridized carbons (Fsp3) is 0.500. The number of benzene rings is 1. The van der Waals surface area contributed by atoms with Gasteiger partial charge in [-0.15, -0.1) is 0 Å². The second kappa shape index (κ2) is 4.80. The molecule has 0 bridgehead atoms. The highest BCUT2D eigenvalue weighted by Gasteiger charge is 2.72. The van der Waals surface area contributed by atoms with Crippen molar-refractivity contribution in [2.45, 2.75) is 28.0 Å². The van der Waals surface area contributed by atoms with Crippen LogP contribution in [0.3, 0.4) is 0 Å². The third-order valence-electron chi connectivity index (χ3n) is 3.86. The normalized spacial score (nSPS) is 50.1. The molecule has 1 aromatic carbocycles. The van der Waals surface area contributed by atoms with Gasteiger partial charge in [-0.05, 0) is 11.1 Å². The first-order chi connectivity index (χ1) is 8.36. The van der Waals surface area contributed by atoms with E-state index < -0.39 is 0 Å². The van der Waals surface area contributed by atoms with Crippen LogP contribution >= 0.6 is 95.6 Å². The summed E-state index contributed by atoms with van der Waals surface area (Å²) in [4.78, 5) is 1.25. The predicted octanol–water partition coefficient (Wildman–Crippen LogP) is 5.95. The summed E-state index contributed by atoms with van der Waals surface area (Å²) >= 11 is 23.3. The molecule has 0 spiro atoms. The van der Waals surface area contributed by atoms with E-state index in [0.29, 0.717) is 9.65 Å². The van der Waals surface area contributed by atoms with Crippen LogP contribution in [0.25, 0.3) is 0 Å². The molecule has 6 heteroatoms. The van der Waals surface area contributed by atoms with Crippen molar-refractivity contribution < 1.29 is 0 Å². The molecule has 1 aromatic rings. The minimum absolute atomic E-state index is 0.108. The molecule has 0 N–H and O–H groups in total. The molecule has 1 fully saturated rings. The highest BCUT2D eigenvalue weighted by molar-refractivity contribution is 9.16. The van der Waals surface area contributed by atoms with Crippen LogP contribution in [0, 0.1) is 0 Å². The van der Waals surface area contributed by atoms with Gasteiger partial charge in [-0.25, -0.2) is 0 Å². The van der Waals surface area contributed by atoms with E-state index in [2.05, 4.69) is 120 Å². The average Bonchev–Trinajstić information content (AvgIpc) is 2.41. The number of rotatable bonds is 0. The number of hydrogen-bond acceptors (Lipinski definition) is 0. The second-order valence-electron chi connectivity index (χ2n) is 4.66. The van der Waals surface area contributed by atoms with Gasteiger partial charge in [-0.1, -0.05) is 120 Å². The van der Waals surface area contributed by atoms with Gasteiger partial charge < -0.3 is 0 Å². The predicted molar refractivity (Wildman–Crippen MR) is 98.5 cm³/mol. The molecule has 2 aliphatic carbocycles. The highest BCUT2D eigenvalue weighted by atomic mass is 79.9. The Balaban J connectivity index is 2.24. The Hall–Kier alpha value is 2.10. The number of fused-ring (bicyclic) bond motifs is 4. The van der Waals surface area contributed by atoms with Crippen LogP contribution in [-0.2, 0) is 8.65 Å². The van der Waals surface area contributed by atoms with Gasteiger partial charge in [-0.3, -0.25) is 0 Å². The molecular formula is C12H8Br6. The summed E-state index contributed by atoms with van der Waals surface area (Å²) in [6.45, 7) is 0. The van der Waals surface area contributed by atoms with Gasteiger partial charge in [0, 0.05) is 19.3 Å². The van der Waals surface area contributed by atoms with E-state index in [0.717, 1.165) is 0 Å². The van der Waals surface area contributed by atoms with Gasteiger partial charge >= 0.3 is 0 Å². The lowest BCUT2D eigenvalue weighted by Gasteiger charge is -2.63. The highest BCUT2D eigenvalue weighted by Crippen LogP contribution is 2.73. The molecule has 98 valence electrons. The molecule has 0 saturated heterocycles. The summed E-state index contributed by atoms with van der Waals surface area (Å²) in [6.07, 6.45) is 0. The summed E-state index contributed by atoms with van der Waals surface area (Å²) < 4.78 is -0.216. The van der Waals surface area contributed by atoms with Crippen molar-refractivity contribution in [1.82, 2.24) is 0 Å². The Labute approximate surface area is 157 Å². The third-order valence-corrected chi connectivity index (χ3v) is 15.6. The summed E-state index contributed by atoms with van der Waals surface area (Å²) in [5, 5.41) is 0. The maximum atomic E-state index is 4.00. The van der Waals surface area contributed by atoms with Crippen LogP contribution in [-0.4, -0.2) is 19.3 Å². The zero-order valence-corrected chi connectivity index (χ0v) is 18.4. The van der Waals surface area contributed by atoms with Crippen LogP contribution in [0.15, 0.2) is 24.3 Å². The van der Waals surface area contributed by atoms with E-state index in [1.807, 2.05) is 0 Å².